The Morgan fingerprint density at radius 3 is 1.81 bits per heavy atom. The van der Waals surface area contributed by atoms with Crippen LogP contribution in [0.25, 0.3) is 0 Å². The van der Waals surface area contributed by atoms with Crippen molar-refractivity contribution in [2.75, 3.05) is 13.1 Å². The van der Waals surface area contributed by atoms with Crippen LogP contribution in [0.5, 0.6) is 0 Å². The molecule has 0 unspecified atom stereocenters. The molecule has 1 aliphatic rings. The van der Waals surface area contributed by atoms with Gasteiger partial charge in [-0.05, 0) is 25.0 Å². The van der Waals surface area contributed by atoms with Gasteiger partial charge >= 0.3 is 0 Å². The molecule has 1 heterocycles. The third-order valence-electron chi connectivity index (χ3n) is 3.54. The van der Waals surface area contributed by atoms with Gasteiger partial charge < -0.3 is 0 Å². The van der Waals surface area contributed by atoms with E-state index in [0.29, 0.717) is 13.1 Å². The molecular formula is C13H18ClNO4S2. The van der Waals surface area contributed by atoms with Crippen molar-refractivity contribution in [1.29, 1.82) is 0 Å². The molecule has 118 valence electrons. The minimum absolute atomic E-state index is 0.236. The summed E-state index contributed by atoms with van der Waals surface area (Å²) in [4.78, 5) is -0.589. The zero-order chi connectivity index (χ0) is 15.5. The lowest BCUT2D eigenvalue weighted by atomic mass is 10.1. The summed E-state index contributed by atoms with van der Waals surface area (Å²) in [6, 6.07) is 5.48. The van der Waals surface area contributed by atoms with Crippen LogP contribution in [-0.4, -0.2) is 34.2 Å². The molecule has 21 heavy (non-hydrogen) atoms. The third-order valence-corrected chi connectivity index (χ3v) is 7.01. The number of halogens is 1. The van der Waals surface area contributed by atoms with E-state index < -0.39 is 19.1 Å². The first-order valence-corrected chi connectivity index (χ1v) is 10.6. The van der Waals surface area contributed by atoms with E-state index >= 15 is 0 Å². The Balaban J connectivity index is 2.44. The van der Waals surface area contributed by atoms with E-state index in [0.717, 1.165) is 32.1 Å². The molecule has 0 atom stereocenters. The topological polar surface area (TPSA) is 71.5 Å². The minimum atomic E-state index is -4.11. The molecule has 0 saturated carbocycles. The Bertz CT molecular complexity index is 693. The van der Waals surface area contributed by atoms with Crippen LogP contribution in [-0.2, 0) is 19.1 Å². The maximum absolute atomic E-state index is 12.7. The molecule has 0 amide bonds. The van der Waals surface area contributed by atoms with E-state index in [-0.39, 0.29) is 9.79 Å². The maximum Gasteiger partial charge on any atom is 0.262 e. The number of hydrogen-bond acceptors (Lipinski definition) is 4. The first-order valence-electron chi connectivity index (χ1n) is 6.87. The summed E-state index contributed by atoms with van der Waals surface area (Å²) in [6.45, 7) is 0.831. The fourth-order valence-corrected chi connectivity index (χ4v) is 5.79. The molecule has 2 rings (SSSR count). The Hall–Kier alpha value is -0.630. The van der Waals surface area contributed by atoms with E-state index in [1.165, 1.54) is 28.6 Å². The summed E-state index contributed by atoms with van der Waals surface area (Å²) >= 11 is 0. The summed E-state index contributed by atoms with van der Waals surface area (Å²) in [5.74, 6) is 0. The predicted octanol–water partition coefficient (Wildman–Crippen LogP) is 2.57. The molecule has 0 bridgehead atoms. The number of hydrogen-bond donors (Lipinski definition) is 0. The first-order chi connectivity index (χ1) is 9.83. The Labute approximate surface area is 130 Å². The van der Waals surface area contributed by atoms with Crippen molar-refractivity contribution in [1.82, 2.24) is 4.31 Å². The number of sulfonamides is 1. The second kappa shape index (κ2) is 6.64. The minimum Gasteiger partial charge on any atom is -0.207 e. The van der Waals surface area contributed by atoms with E-state index in [1.54, 1.807) is 0 Å². The molecule has 1 aromatic carbocycles. The molecule has 0 N–H and O–H groups in total. The van der Waals surface area contributed by atoms with Gasteiger partial charge in [-0.15, -0.1) is 0 Å². The largest absolute Gasteiger partial charge is 0.262 e. The van der Waals surface area contributed by atoms with Crippen molar-refractivity contribution in [2.45, 2.75) is 41.9 Å². The van der Waals surface area contributed by atoms with Gasteiger partial charge in [-0.1, -0.05) is 31.4 Å². The van der Waals surface area contributed by atoms with Crippen molar-refractivity contribution < 1.29 is 16.8 Å². The Morgan fingerprint density at radius 2 is 1.29 bits per heavy atom. The molecule has 0 spiro atoms. The van der Waals surface area contributed by atoms with E-state index in [9.17, 15) is 16.8 Å². The second-order valence-electron chi connectivity index (χ2n) is 5.06. The first kappa shape index (κ1) is 16.7. The van der Waals surface area contributed by atoms with Crippen LogP contribution in [0.15, 0.2) is 34.1 Å². The lowest BCUT2D eigenvalue weighted by Crippen LogP contribution is -2.34. The van der Waals surface area contributed by atoms with Crippen LogP contribution in [0.4, 0.5) is 0 Å². The zero-order valence-electron chi connectivity index (χ0n) is 11.5. The highest BCUT2D eigenvalue weighted by Crippen LogP contribution is 2.27. The van der Waals surface area contributed by atoms with Crippen molar-refractivity contribution in [3.63, 3.8) is 0 Å². The quantitative estimate of drug-likeness (QED) is 0.784. The SMILES string of the molecule is O=S(=O)(Cl)c1ccccc1S(=O)(=O)N1CCCCCCC1. The van der Waals surface area contributed by atoms with Crippen molar-refractivity contribution in [3.8, 4) is 0 Å². The molecule has 0 aromatic heterocycles. The molecule has 0 radical (unpaired) electrons. The molecule has 1 fully saturated rings. The molecular weight excluding hydrogens is 334 g/mol. The number of benzene rings is 1. The summed E-state index contributed by atoms with van der Waals surface area (Å²) in [5.41, 5.74) is 0. The van der Waals surface area contributed by atoms with Gasteiger partial charge in [0.25, 0.3) is 9.05 Å². The average Bonchev–Trinajstić information content (AvgIpc) is 2.37. The highest BCUT2D eigenvalue weighted by Gasteiger charge is 2.30. The smallest absolute Gasteiger partial charge is 0.207 e. The second-order valence-corrected chi connectivity index (χ2v) is 9.50. The van der Waals surface area contributed by atoms with Crippen LogP contribution in [0, 0.1) is 0 Å². The summed E-state index contributed by atoms with van der Waals surface area (Å²) in [6.07, 6.45) is 4.66. The van der Waals surface area contributed by atoms with Gasteiger partial charge in [-0.2, -0.15) is 4.31 Å². The molecule has 1 saturated heterocycles. The molecule has 0 aliphatic carbocycles. The predicted molar refractivity (Wildman–Crippen MR) is 81.3 cm³/mol. The fourth-order valence-electron chi connectivity index (χ4n) is 2.46. The number of rotatable bonds is 3. The standard InChI is InChI=1S/C13H18ClNO4S2/c14-20(16,17)12-8-4-5-9-13(12)21(18,19)15-10-6-2-1-3-7-11-15/h4-5,8-9H,1-3,6-7,10-11H2. The number of nitrogens with zero attached hydrogens (tertiary/aromatic N) is 1. The average molecular weight is 352 g/mol. The highest BCUT2D eigenvalue weighted by atomic mass is 35.7. The van der Waals surface area contributed by atoms with Gasteiger partial charge in [0.15, 0.2) is 0 Å². The Morgan fingerprint density at radius 1 is 0.810 bits per heavy atom. The van der Waals surface area contributed by atoms with Gasteiger partial charge in [-0.25, -0.2) is 16.8 Å². The van der Waals surface area contributed by atoms with Gasteiger partial charge in [0, 0.05) is 23.8 Å². The fraction of sp³-hybridized carbons (Fsp3) is 0.538. The van der Waals surface area contributed by atoms with Crippen LogP contribution in [0.3, 0.4) is 0 Å². The van der Waals surface area contributed by atoms with Crippen molar-refractivity contribution in [2.24, 2.45) is 0 Å². The summed E-state index contributed by atoms with van der Waals surface area (Å²) in [5, 5.41) is 0. The summed E-state index contributed by atoms with van der Waals surface area (Å²) in [7, 11) is -2.59. The normalized spacial score (nSPS) is 18.9. The lowest BCUT2D eigenvalue weighted by molar-refractivity contribution is 0.363. The Kier molecular flexibility index (Phi) is 5.29. The van der Waals surface area contributed by atoms with Crippen molar-refractivity contribution >= 4 is 29.8 Å². The van der Waals surface area contributed by atoms with Crippen LogP contribution in [0.1, 0.15) is 32.1 Å². The third kappa shape index (κ3) is 3.97. The monoisotopic (exact) mass is 351 g/mol. The van der Waals surface area contributed by atoms with Crippen LogP contribution >= 0.6 is 10.7 Å². The molecule has 1 aromatic rings. The summed E-state index contributed by atoms with van der Waals surface area (Å²) < 4.78 is 50.0. The van der Waals surface area contributed by atoms with E-state index in [2.05, 4.69) is 0 Å². The van der Waals surface area contributed by atoms with E-state index in [4.69, 9.17) is 10.7 Å². The van der Waals surface area contributed by atoms with Crippen LogP contribution < -0.4 is 0 Å². The highest BCUT2D eigenvalue weighted by molar-refractivity contribution is 8.14. The zero-order valence-corrected chi connectivity index (χ0v) is 13.9. The molecule has 8 heteroatoms. The van der Waals surface area contributed by atoms with Gasteiger partial charge in [0.05, 0.1) is 0 Å². The molecule has 5 nitrogen and oxygen atoms in total. The van der Waals surface area contributed by atoms with Gasteiger partial charge in [0.2, 0.25) is 10.0 Å². The van der Waals surface area contributed by atoms with E-state index in [1.807, 2.05) is 0 Å². The lowest BCUT2D eigenvalue weighted by Gasteiger charge is -2.24. The van der Waals surface area contributed by atoms with Gasteiger partial charge in [0.1, 0.15) is 9.79 Å². The van der Waals surface area contributed by atoms with Crippen molar-refractivity contribution in [3.05, 3.63) is 24.3 Å². The van der Waals surface area contributed by atoms with Crippen LogP contribution in [0.2, 0.25) is 0 Å². The van der Waals surface area contributed by atoms with Gasteiger partial charge in [-0.3, -0.25) is 0 Å². The molecule has 1 aliphatic heterocycles. The maximum atomic E-state index is 12.7.